The molecule has 12 heteroatoms. The molecule has 2 amide bonds. The van der Waals surface area contributed by atoms with E-state index in [-0.39, 0.29) is 36.4 Å². The van der Waals surface area contributed by atoms with Gasteiger partial charge in [0.25, 0.3) is 0 Å². The zero-order valence-electron chi connectivity index (χ0n) is 26.5. The highest BCUT2D eigenvalue weighted by Gasteiger charge is 2.11. The number of ether oxygens (including phenoxy) is 4. The summed E-state index contributed by atoms with van der Waals surface area (Å²) >= 11 is 0. The number of para-hydroxylation sites is 1. The summed E-state index contributed by atoms with van der Waals surface area (Å²) in [6, 6.07) is 16.2. The number of primary amides is 1. The van der Waals surface area contributed by atoms with Gasteiger partial charge < -0.3 is 34.2 Å². The van der Waals surface area contributed by atoms with Gasteiger partial charge in [-0.3, -0.25) is 5.32 Å². The van der Waals surface area contributed by atoms with Gasteiger partial charge in [0, 0.05) is 25.1 Å². The number of aryl methyl sites for hydroxylation is 1. The van der Waals surface area contributed by atoms with E-state index < -0.39 is 12.2 Å². The number of amides is 2. The molecule has 4 N–H and O–H groups in total. The van der Waals surface area contributed by atoms with Gasteiger partial charge in [-0.05, 0) is 91.8 Å². The number of benzene rings is 1. The Bertz CT molecular complexity index is 1200. The molecular formula is C31H46N4O8. The SMILES string of the molecule is CC(C)OC(=O)Nc1ccccc1.CC(C)OC(=O)c1ccc[nH]1.CC(C)OC(=O)c1cccn1C.CC(C)OC(N)=O. The predicted molar refractivity (Wildman–Crippen MR) is 165 cm³/mol. The molecule has 2 aromatic heterocycles. The van der Waals surface area contributed by atoms with Crippen LogP contribution >= 0.6 is 0 Å². The number of nitrogens with zero attached hydrogens (tertiary/aromatic N) is 1. The molecule has 0 bridgehead atoms. The summed E-state index contributed by atoms with van der Waals surface area (Å²) in [7, 11) is 1.82. The maximum atomic E-state index is 11.3. The second kappa shape index (κ2) is 21.0. The monoisotopic (exact) mass is 602 g/mol. The van der Waals surface area contributed by atoms with Crippen LogP contribution in [0.1, 0.15) is 76.4 Å². The number of nitrogens with one attached hydrogen (secondary N) is 2. The van der Waals surface area contributed by atoms with Crippen LogP contribution in [0.15, 0.2) is 67.0 Å². The molecule has 0 spiro atoms. The minimum atomic E-state index is -0.713. The second-order valence-corrected chi connectivity index (χ2v) is 9.93. The van der Waals surface area contributed by atoms with Crippen LogP contribution in [-0.4, -0.2) is 58.1 Å². The van der Waals surface area contributed by atoms with Crippen molar-refractivity contribution in [1.29, 1.82) is 0 Å². The molecule has 3 rings (SSSR count). The average molecular weight is 603 g/mol. The quantitative estimate of drug-likeness (QED) is 0.209. The fourth-order valence-electron chi connectivity index (χ4n) is 2.80. The minimum Gasteiger partial charge on any atom is -0.458 e. The van der Waals surface area contributed by atoms with E-state index in [2.05, 4.69) is 20.8 Å². The Hall–Kier alpha value is -4.74. The molecule has 0 saturated heterocycles. The second-order valence-electron chi connectivity index (χ2n) is 9.93. The average Bonchev–Trinajstić information content (AvgIpc) is 3.56. The Labute approximate surface area is 253 Å². The number of hydrogen-bond donors (Lipinski definition) is 3. The summed E-state index contributed by atoms with van der Waals surface area (Å²) in [6.45, 7) is 14.4. The number of rotatable bonds is 7. The van der Waals surface area contributed by atoms with Crippen molar-refractivity contribution >= 4 is 29.8 Å². The molecule has 0 atom stereocenters. The third kappa shape index (κ3) is 19.9. The molecule has 2 heterocycles. The van der Waals surface area contributed by atoms with Crippen LogP contribution in [0.2, 0.25) is 0 Å². The van der Waals surface area contributed by atoms with Crippen molar-refractivity contribution in [3.63, 3.8) is 0 Å². The topological polar surface area (TPSA) is 164 Å². The first-order valence-electron chi connectivity index (χ1n) is 13.8. The fourth-order valence-corrected chi connectivity index (χ4v) is 2.80. The molecule has 0 fully saturated rings. The van der Waals surface area contributed by atoms with Crippen molar-refractivity contribution in [2.24, 2.45) is 12.8 Å². The van der Waals surface area contributed by atoms with Gasteiger partial charge in [0.1, 0.15) is 11.4 Å². The summed E-state index contributed by atoms with van der Waals surface area (Å²) in [4.78, 5) is 46.0. The maximum absolute atomic E-state index is 11.3. The van der Waals surface area contributed by atoms with E-state index in [1.54, 1.807) is 42.8 Å². The van der Waals surface area contributed by atoms with Gasteiger partial charge in [0.2, 0.25) is 0 Å². The molecule has 0 aliphatic carbocycles. The fraction of sp³-hybridized carbons (Fsp3) is 0.419. The molecule has 0 radical (unpaired) electrons. The highest BCUT2D eigenvalue weighted by molar-refractivity contribution is 5.88. The van der Waals surface area contributed by atoms with Crippen molar-refractivity contribution in [3.8, 4) is 0 Å². The van der Waals surface area contributed by atoms with E-state index in [0.29, 0.717) is 11.4 Å². The standard InChI is InChI=1S/C10H13NO2.C9H13NO2.C8H11NO2.C4H9NO2/c1-8(2)13-10(12)11-9-6-4-3-5-7-9;1-7(2)12-9(11)8-5-4-6-10(8)3;1-6(2)11-8(10)7-4-3-5-9-7;1-3(2)7-4(5)6/h3-8H,1-2H3,(H,11,12);4-7H,1-3H3;3-6,9H,1-2H3;3H,1-2H3,(H2,5,6). The highest BCUT2D eigenvalue weighted by Crippen LogP contribution is 2.06. The molecule has 43 heavy (non-hydrogen) atoms. The molecule has 1 aromatic carbocycles. The van der Waals surface area contributed by atoms with Gasteiger partial charge in [0.05, 0.1) is 24.4 Å². The van der Waals surface area contributed by atoms with Gasteiger partial charge in [-0.25, -0.2) is 19.2 Å². The summed E-state index contributed by atoms with van der Waals surface area (Å²) in [5.41, 5.74) is 6.46. The highest BCUT2D eigenvalue weighted by atomic mass is 16.6. The first-order valence-corrected chi connectivity index (χ1v) is 13.8. The Morgan fingerprint density at radius 3 is 1.63 bits per heavy atom. The first-order chi connectivity index (χ1) is 20.1. The lowest BCUT2D eigenvalue weighted by Crippen LogP contribution is -2.17. The third-order valence-corrected chi connectivity index (χ3v) is 4.37. The molecule has 3 aromatic rings. The van der Waals surface area contributed by atoms with Crippen LogP contribution in [0, 0.1) is 0 Å². The number of esters is 2. The van der Waals surface area contributed by atoms with Gasteiger partial charge in [-0.1, -0.05) is 18.2 Å². The Morgan fingerprint density at radius 1 is 0.698 bits per heavy atom. The van der Waals surface area contributed by atoms with Crippen LogP contribution < -0.4 is 11.1 Å². The molecule has 0 aliphatic rings. The number of carbonyl (C=O) groups is 4. The summed E-state index contributed by atoms with van der Waals surface area (Å²) in [5, 5.41) is 2.61. The van der Waals surface area contributed by atoms with Gasteiger partial charge in [-0.15, -0.1) is 0 Å². The van der Waals surface area contributed by atoms with Crippen LogP contribution in [-0.2, 0) is 26.0 Å². The zero-order valence-corrected chi connectivity index (χ0v) is 26.5. The lowest BCUT2D eigenvalue weighted by molar-refractivity contribution is 0.0358. The third-order valence-electron chi connectivity index (χ3n) is 4.37. The minimum absolute atomic E-state index is 0.0626. The van der Waals surface area contributed by atoms with Crippen LogP contribution in [0.5, 0.6) is 0 Å². The van der Waals surface area contributed by atoms with E-state index in [0.717, 1.165) is 5.69 Å². The van der Waals surface area contributed by atoms with Gasteiger partial charge in [-0.2, -0.15) is 0 Å². The van der Waals surface area contributed by atoms with Crippen LogP contribution in [0.3, 0.4) is 0 Å². The number of anilines is 1. The Kier molecular flexibility index (Phi) is 18.7. The summed E-state index contributed by atoms with van der Waals surface area (Å²) < 4.78 is 21.0. The lowest BCUT2D eigenvalue weighted by Gasteiger charge is -2.08. The molecule has 12 nitrogen and oxygen atoms in total. The number of aromatic nitrogens is 2. The molecule has 238 valence electrons. The van der Waals surface area contributed by atoms with Crippen molar-refractivity contribution in [3.05, 3.63) is 78.4 Å². The molecule has 0 aliphatic heterocycles. The number of aromatic amines is 1. The van der Waals surface area contributed by atoms with Gasteiger partial charge in [0.15, 0.2) is 0 Å². The van der Waals surface area contributed by atoms with Crippen molar-refractivity contribution < 1.29 is 38.1 Å². The van der Waals surface area contributed by atoms with E-state index >= 15 is 0 Å². The van der Waals surface area contributed by atoms with Crippen molar-refractivity contribution in [2.75, 3.05) is 5.32 Å². The van der Waals surface area contributed by atoms with E-state index in [4.69, 9.17) is 14.2 Å². The zero-order chi connectivity index (χ0) is 32.9. The van der Waals surface area contributed by atoms with Crippen molar-refractivity contribution in [1.82, 2.24) is 9.55 Å². The normalized spacial score (nSPS) is 9.88. The van der Waals surface area contributed by atoms with E-state index in [1.807, 2.05) is 91.2 Å². The first kappa shape index (κ1) is 38.3. The number of hydrogen-bond acceptors (Lipinski definition) is 8. The van der Waals surface area contributed by atoms with Crippen LogP contribution in [0.4, 0.5) is 15.3 Å². The predicted octanol–water partition coefficient (Wildman–Crippen LogP) is 6.30. The van der Waals surface area contributed by atoms with E-state index in [1.165, 1.54) is 0 Å². The van der Waals surface area contributed by atoms with E-state index in [9.17, 15) is 19.2 Å². The number of nitrogens with two attached hydrogens (primary N) is 1. The number of carbonyl (C=O) groups excluding carboxylic acids is 4. The smallest absolute Gasteiger partial charge is 0.411 e. The number of H-pyrrole nitrogens is 1. The lowest BCUT2D eigenvalue weighted by atomic mass is 10.3. The summed E-state index contributed by atoms with van der Waals surface area (Å²) in [5.74, 6) is -0.567. The Balaban J connectivity index is 0.000000559. The molecule has 0 unspecified atom stereocenters. The maximum Gasteiger partial charge on any atom is 0.411 e. The largest absolute Gasteiger partial charge is 0.458 e. The van der Waals surface area contributed by atoms with Crippen LogP contribution in [0.25, 0.3) is 0 Å². The van der Waals surface area contributed by atoms with Crippen molar-refractivity contribution in [2.45, 2.75) is 79.8 Å². The van der Waals surface area contributed by atoms with Gasteiger partial charge >= 0.3 is 24.1 Å². The Morgan fingerprint density at radius 2 is 1.23 bits per heavy atom. The molecule has 0 saturated carbocycles. The molecular weight excluding hydrogens is 556 g/mol. The summed E-state index contributed by atoms with van der Waals surface area (Å²) in [6.07, 6.45) is 2.06.